The van der Waals surface area contributed by atoms with E-state index in [9.17, 15) is 9.59 Å². The molecule has 0 bridgehead atoms. The summed E-state index contributed by atoms with van der Waals surface area (Å²) in [5.74, 6) is -0.802. The van der Waals surface area contributed by atoms with E-state index in [0.717, 1.165) is 0 Å². The van der Waals surface area contributed by atoms with E-state index < -0.39 is 18.0 Å². The average Bonchev–Trinajstić information content (AvgIpc) is 2.25. The monoisotopic (exact) mass is 243 g/mol. The molecule has 1 saturated heterocycles. The molecule has 0 aromatic heterocycles. The van der Waals surface area contributed by atoms with Crippen LogP contribution in [0.1, 0.15) is 20.8 Å². The summed E-state index contributed by atoms with van der Waals surface area (Å²) in [7, 11) is 0. The Morgan fingerprint density at radius 3 is 2.47 bits per heavy atom. The Balaban J connectivity index is 2.82. The number of carbonyl (C=O) groups excluding carboxylic acids is 2. The lowest BCUT2D eigenvalue weighted by atomic mass is 9.86. The van der Waals surface area contributed by atoms with E-state index in [4.69, 9.17) is 16.2 Å². The first-order valence-corrected chi connectivity index (χ1v) is 5.68. The number of amides is 2. The molecule has 1 unspecified atom stereocenters. The van der Waals surface area contributed by atoms with E-state index in [-0.39, 0.29) is 17.9 Å². The number of primary amides is 1. The number of nitrogens with two attached hydrogens (primary N) is 2. The van der Waals surface area contributed by atoms with Gasteiger partial charge in [0.15, 0.2) is 0 Å². The Morgan fingerprint density at radius 1 is 1.41 bits per heavy atom. The molecule has 1 fully saturated rings. The van der Waals surface area contributed by atoms with E-state index in [1.54, 1.807) is 0 Å². The number of hydrogen-bond acceptors (Lipinski definition) is 4. The summed E-state index contributed by atoms with van der Waals surface area (Å²) in [5, 5.41) is 0. The third kappa shape index (κ3) is 3.17. The fourth-order valence-electron chi connectivity index (χ4n) is 1.65. The molecule has 0 aromatic carbocycles. The standard InChI is InChI=1S/C11H21N3O3/c1-11(2,3)8(12)10(16)14-4-5-17-6-7(14)9(13)15/h7-8H,4-6,12H2,1-3H3,(H2,13,15)/t7?,8-/m0/s1. The second-order valence-electron chi connectivity index (χ2n) is 5.37. The van der Waals surface area contributed by atoms with Crippen LogP contribution >= 0.6 is 0 Å². The molecule has 6 nitrogen and oxygen atoms in total. The van der Waals surface area contributed by atoms with E-state index in [0.29, 0.717) is 13.2 Å². The van der Waals surface area contributed by atoms with Gasteiger partial charge in [-0.3, -0.25) is 9.59 Å². The molecule has 0 aromatic rings. The first-order valence-electron chi connectivity index (χ1n) is 5.68. The van der Waals surface area contributed by atoms with Gasteiger partial charge < -0.3 is 21.1 Å². The summed E-state index contributed by atoms with van der Waals surface area (Å²) in [6.45, 7) is 6.57. The largest absolute Gasteiger partial charge is 0.377 e. The van der Waals surface area contributed by atoms with Crippen molar-refractivity contribution in [1.29, 1.82) is 0 Å². The van der Waals surface area contributed by atoms with Gasteiger partial charge in [0.2, 0.25) is 11.8 Å². The van der Waals surface area contributed by atoms with E-state index in [2.05, 4.69) is 0 Å². The average molecular weight is 243 g/mol. The fraction of sp³-hybridized carbons (Fsp3) is 0.818. The Hall–Kier alpha value is -1.14. The van der Waals surface area contributed by atoms with Crippen molar-refractivity contribution in [1.82, 2.24) is 4.90 Å². The van der Waals surface area contributed by atoms with Crippen molar-refractivity contribution in [2.24, 2.45) is 16.9 Å². The van der Waals surface area contributed by atoms with Crippen LogP contribution in [0.5, 0.6) is 0 Å². The van der Waals surface area contributed by atoms with Crippen LogP contribution in [0.15, 0.2) is 0 Å². The first-order chi connectivity index (χ1) is 7.75. The smallest absolute Gasteiger partial charge is 0.242 e. The summed E-state index contributed by atoms with van der Waals surface area (Å²) >= 11 is 0. The Labute approximate surface area is 101 Å². The highest BCUT2D eigenvalue weighted by Crippen LogP contribution is 2.20. The summed E-state index contributed by atoms with van der Waals surface area (Å²) in [4.78, 5) is 24.9. The topological polar surface area (TPSA) is 98.7 Å². The van der Waals surface area contributed by atoms with Crippen LogP contribution in [0.25, 0.3) is 0 Å². The quantitative estimate of drug-likeness (QED) is 0.654. The zero-order chi connectivity index (χ0) is 13.2. The zero-order valence-electron chi connectivity index (χ0n) is 10.6. The van der Waals surface area contributed by atoms with Gasteiger partial charge in [0.25, 0.3) is 0 Å². The molecule has 1 rings (SSSR count). The Kier molecular flexibility index (Phi) is 4.11. The van der Waals surface area contributed by atoms with Crippen molar-refractivity contribution in [3.63, 3.8) is 0 Å². The van der Waals surface area contributed by atoms with Crippen molar-refractivity contribution >= 4 is 11.8 Å². The second kappa shape index (κ2) is 5.01. The van der Waals surface area contributed by atoms with Crippen molar-refractivity contribution in [3.8, 4) is 0 Å². The predicted octanol–water partition coefficient (Wildman–Crippen LogP) is -0.927. The van der Waals surface area contributed by atoms with E-state index in [1.807, 2.05) is 20.8 Å². The van der Waals surface area contributed by atoms with Gasteiger partial charge in [-0.2, -0.15) is 0 Å². The lowest BCUT2D eigenvalue weighted by molar-refractivity contribution is -0.149. The van der Waals surface area contributed by atoms with Crippen LogP contribution in [0, 0.1) is 5.41 Å². The molecule has 0 radical (unpaired) electrons. The summed E-state index contributed by atoms with van der Waals surface area (Å²) in [6.07, 6.45) is 0. The van der Waals surface area contributed by atoms with Gasteiger partial charge in [0.1, 0.15) is 6.04 Å². The number of carbonyl (C=O) groups is 2. The van der Waals surface area contributed by atoms with E-state index in [1.165, 1.54) is 4.90 Å². The highest BCUT2D eigenvalue weighted by Gasteiger charge is 2.37. The normalized spacial score (nSPS) is 23.3. The van der Waals surface area contributed by atoms with Gasteiger partial charge >= 0.3 is 0 Å². The van der Waals surface area contributed by atoms with Gasteiger partial charge in [-0.25, -0.2) is 0 Å². The minimum absolute atomic E-state index is 0.151. The maximum atomic E-state index is 12.2. The van der Waals surface area contributed by atoms with Crippen LogP contribution in [-0.4, -0.2) is 48.6 Å². The van der Waals surface area contributed by atoms with Crippen LogP contribution in [0.3, 0.4) is 0 Å². The molecule has 98 valence electrons. The lowest BCUT2D eigenvalue weighted by Crippen LogP contribution is -2.60. The maximum Gasteiger partial charge on any atom is 0.242 e. The van der Waals surface area contributed by atoms with Gasteiger partial charge in [-0.15, -0.1) is 0 Å². The van der Waals surface area contributed by atoms with Crippen LogP contribution in [0.2, 0.25) is 0 Å². The van der Waals surface area contributed by atoms with E-state index >= 15 is 0 Å². The maximum absolute atomic E-state index is 12.2. The molecule has 0 spiro atoms. The van der Waals surface area contributed by atoms with Crippen LogP contribution in [-0.2, 0) is 14.3 Å². The van der Waals surface area contributed by atoms with Gasteiger partial charge in [0.05, 0.1) is 19.3 Å². The summed E-state index contributed by atoms with van der Waals surface area (Å²) < 4.78 is 5.15. The summed E-state index contributed by atoms with van der Waals surface area (Å²) in [6, 6.07) is -1.35. The first kappa shape index (κ1) is 13.9. The van der Waals surface area contributed by atoms with Crippen LogP contribution < -0.4 is 11.5 Å². The molecular weight excluding hydrogens is 222 g/mol. The number of hydrogen-bond donors (Lipinski definition) is 2. The highest BCUT2D eigenvalue weighted by molar-refractivity contribution is 5.89. The number of morpholine rings is 1. The molecule has 2 amide bonds. The molecule has 1 aliphatic rings. The predicted molar refractivity (Wildman–Crippen MR) is 62.9 cm³/mol. The molecule has 0 aliphatic carbocycles. The fourth-order valence-corrected chi connectivity index (χ4v) is 1.65. The third-order valence-electron chi connectivity index (χ3n) is 2.94. The molecule has 1 aliphatic heterocycles. The SMILES string of the molecule is CC(C)(C)[C@@H](N)C(=O)N1CCOCC1C(N)=O. The van der Waals surface area contributed by atoms with Crippen molar-refractivity contribution in [2.45, 2.75) is 32.9 Å². The lowest BCUT2D eigenvalue weighted by Gasteiger charge is -2.38. The van der Waals surface area contributed by atoms with Gasteiger partial charge in [-0.1, -0.05) is 20.8 Å². The molecule has 2 atom stereocenters. The second-order valence-corrected chi connectivity index (χ2v) is 5.37. The van der Waals surface area contributed by atoms with Crippen molar-refractivity contribution in [2.75, 3.05) is 19.8 Å². The summed E-state index contributed by atoms with van der Waals surface area (Å²) in [5.41, 5.74) is 10.8. The number of ether oxygens (including phenoxy) is 1. The molecule has 4 N–H and O–H groups in total. The molecule has 1 heterocycles. The Bertz CT molecular complexity index is 312. The molecule has 17 heavy (non-hydrogen) atoms. The molecule has 6 heteroatoms. The minimum atomic E-state index is -0.704. The third-order valence-corrected chi connectivity index (χ3v) is 2.94. The highest BCUT2D eigenvalue weighted by atomic mass is 16.5. The minimum Gasteiger partial charge on any atom is -0.377 e. The van der Waals surface area contributed by atoms with Crippen LogP contribution in [0.4, 0.5) is 0 Å². The number of nitrogens with zero attached hydrogens (tertiary/aromatic N) is 1. The van der Waals surface area contributed by atoms with Crippen molar-refractivity contribution < 1.29 is 14.3 Å². The zero-order valence-corrected chi connectivity index (χ0v) is 10.6. The van der Waals surface area contributed by atoms with Crippen molar-refractivity contribution in [3.05, 3.63) is 0 Å². The number of rotatable bonds is 2. The van der Waals surface area contributed by atoms with Gasteiger partial charge in [-0.05, 0) is 5.41 Å². The molecular formula is C11H21N3O3. The van der Waals surface area contributed by atoms with Gasteiger partial charge in [0, 0.05) is 6.54 Å². The molecule has 0 saturated carbocycles. The Morgan fingerprint density at radius 2 is 2.00 bits per heavy atom.